The zero-order chi connectivity index (χ0) is 16.5. The number of carbonyl (C=O) groups is 1. The highest BCUT2D eigenvalue weighted by Gasteiger charge is 2.22. The lowest BCUT2D eigenvalue weighted by atomic mass is 10.1. The van der Waals surface area contributed by atoms with Crippen LogP contribution in [0.25, 0.3) is 10.9 Å². The number of carbonyl (C=O) groups excluding carboxylic acids is 1. The van der Waals surface area contributed by atoms with E-state index in [1.54, 1.807) is 6.20 Å². The van der Waals surface area contributed by atoms with Crippen molar-refractivity contribution >= 4 is 34.1 Å². The van der Waals surface area contributed by atoms with Gasteiger partial charge in [-0.15, -0.1) is 0 Å². The summed E-state index contributed by atoms with van der Waals surface area (Å²) in [7, 11) is 0. The number of H-pyrrole nitrogens is 1. The molecule has 1 aliphatic heterocycles. The van der Waals surface area contributed by atoms with Crippen molar-refractivity contribution in [3.8, 4) is 0 Å². The molecule has 1 N–H and O–H groups in total. The summed E-state index contributed by atoms with van der Waals surface area (Å²) >= 11 is 6.06. The van der Waals surface area contributed by atoms with Gasteiger partial charge in [-0.25, -0.2) is 0 Å². The summed E-state index contributed by atoms with van der Waals surface area (Å²) in [5.74, 6) is 0.0669. The Balaban J connectivity index is 1.46. The largest absolute Gasteiger partial charge is 0.368 e. The summed E-state index contributed by atoms with van der Waals surface area (Å²) in [6.07, 6.45) is 1.76. The second kappa shape index (κ2) is 6.17. The van der Waals surface area contributed by atoms with Crippen molar-refractivity contribution in [3.05, 3.63) is 59.2 Å². The average molecular weight is 341 g/mol. The summed E-state index contributed by atoms with van der Waals surface area (Å²) in [5.41, 5.74) is 2.69. The fourth-order valence-electron chi connectivity index (χ4n) is 3.09. The Bertz CT molecular complexity index is 883. The van der Waals surface area contributed by atoms with E-state index in [0.717, 1.165) is 34.7 Å². The van der Waals surface area contributed by atoms with Crippen LogP contribution >= 0.6 is 11.6 Å². The van der Waals surface area contributed by atoms with E-state index >= 15 is 0 Å². The molecule has 1 saturated heterocycles. The average Bonchev–Trinajstić information content (AvgIpc) is 3.09. The van der Waals surface area contributed by atoms with Gasteiger partial charge in [0, 0.05) is 47.8 Å². The minimum atomic E-state index is 0.0669. The molecular formula is C18H17ClN4O. The number of amides is 1. The first-order valence-corrected chi connectivity index (χ1v) is 8.31. The first kappa shape index (κ1) is 15.0. The first-order chi connectivity index (χ1) is 11.7. The summed E-state index contributed by atoms with van der Waals surface area (Å²) in [4.78, 5) is 16.9. The van der Waals surface area contributed by atoms with Crippen LogP contribution in [0.1, 0.15) is 10.4 Å². The Kier molecular flexibility index (Phi) is 3.86. The molecule has 0 unspecified atom stereocenters. The predicted molar refractivity (Wildman–Crippen MR) is 95.7 cm³/mol. The normalized spacial score (nSPS) is 15.0. The minimum Gasteiger partial charge on any atom is -0.368 e. The number of anilines is 1. The fraction of sp³-hybridized carbons (Fsp3) is 0.222. The van der Waals surface area contributed by atoms with Gasteiger partial charge in [0.05, 0.1) is 11.7 Å². The molecule has 1 fully saturated rings. The van der Waals surface area contributed by atoms with Crippen LogP contribution < -0.4 is 4.90 Å². The summed E-state index contributed by atoms with van der Waals surface area (Å²) in [5, 5.41) is 8.65. The molecule has 1 amide bonds. The van der Waals surface area contributed by atoms with Crippen molar-refractivity contribution in [1.82, 2.24) is 15.1 Å². The van der Waals surface area contributed by atoms with Gasteiger partial charge in [-0.2, -0.15) is 5.10 Å². The molecule has 1 aliphatic rings. The van der Waals surface area contributed by atoms with Gasteiger partial charge in [-0.3, -0.25) is 9.89 Å². The van der Waals surface area contributed by atoms with Gasteiger partial charge < -0.3 is 9.80 Å². The summed E-state index contributed by atoms with van der Waals surface area (Å²) in [6, 6.07) is 13.5. The van der Waals surface area contributed by atoms with Crippen molar-refractivity contribution in [2.75, 3.05) is 31.1 Å². The lowest BCUT2D eigenvalue weighted by Gasteiger charge is -2.36. The molecule has 6 heteroatoms. The van der Waals surface area contributed by atoms with Gasteiger partial charge >= 0.3 is 0 Å². The van der Waals surface area contributed by atoms with Gasteiger partial charge in [-0.1, -0.05) is 23.7 Å². The van der Waals surface area contributed by atoms with Crippen LogP contribution in [0.5, 0.6) is 0 Å². The lowest BCUT2D eigenvalue weighted by molar-refractivity contribution is 0.0747. The molecule has 122 valence electrons. The fourth-order valence-corrected chi connectivity index (χ4v) is 3.28. The maximum Gasteiger partial charge on any atom is 0.254 e. The molecule has 5 nitrogen and oxygen atoms in total. The Morgan fingerprint density at radius 3 is 2.71 bits per heavy atom. The van der Waals surface area contributed by atoms with Crippen LogP contribution in [-0.2, 0) is 0 Å². The third-order valence-electron chi connectivity index (χ3n) is 4.43. The molecule has 2 heterocycles. The summed E-state index contributed by atoms with van der Waals surface area (Å²) in [6.45, 7) is 3.01. The number of nitrogens with zero attached hydrogens (tertiary/aromatic N) is 3. The number of benzene rings is 2. The van der Waals surface area contributed by atoms with Crippen molar-refractivity contribution in [3.63, 3.8) is 0 Å². The highest BCUT2D eigenvalue weighted by molar-refractivity contribution is 6.30. The van der Waals surface area contributed by atoms with E-state index in [2.05, 4.69) is 21.2 Å². The molecule has 0 spiro atoms. The zero-order valence-corrected chi connectivity index (χ0v) is 13.8. The number of piperazine rings is 1. The molecule has 4 rings (SSSR count). The highest BCUT2D eigenvalue weighted by Crippen LogP contribution is 2.21. The molecule has 0 atom stereocenters. The van der Waals surface area contributed by atoms with E-state index in [1.165, 1.54) is 0 Å². The van der Waals surface area contributed by atoms with Crippen LogP contribution in [0.2, 0.25) is 5.02 Å². The smallest absolute Gasteiger partial charge is 0.254 e. The molecule has 3 aromatic rings. The van der Waals surface area contributed by atoms with Crippen LogP contribution in [0.3, 0.4) is 0 Å². The number of fused-ring (bicyclic) bond motifs is 1. The number of hydrogen-bond donors (Lipinski definition) is 1. The number of nitrogens with one attached hydrogen (secondary N) is 1. The molecule has 2 aromatic carbocycles. The van der Waals surface area contributed by atoms with Crippen molar-refractivity contribution in [1.29, 1.82) is 0 Å². The predicted octanol–water partition coefficient (Wildman–Crippen LogP) is 3.18. The molecule has 0 bridgehead atoms. The Morgan fingerprint density at radius 1 is 1.08 bits per heavy atom. The maximum absolute atomic E-state index is 12.7. The van der Waals surface area contributed by atoms with E-state index in [9.17, 15) is 4.79 Å². The lowest BCUT2D eigenvalue weighted by Crippen LogP contribution is -2.48. The molecule has 1 aromatic heterocycles. The van der Waals surface area contributed by atoms with E-state index in [0.29, 0.717) is 18.7 Å². The van der Waals surface area contributed by atoms with Gasteiger partial charge in [0.1, 0.15) is 0 Å². The Hall–Kier alpha value is -2.53. The number of halogens is 1. The molecule has 24 heavy (non-hydrogen) atoms. The van der Waals surface area contributed by atoms with Gasteiger partial charge in [-0.05, 0) is 30.3 Å². The van der Waals surface area contributed by atoms with E-state index in [-0.39, 0.29) is 5.91 Å². The maximum atomic E-state index is 12.7. The molecule has 0 saturated carbocycles. The van der Waals surface area contributed by atoms with E-state index in [4.69, 9.17) is 11.6 Å². The van der Waals surface area contributed by atoms with Crippen molar-refractivity contribution in [2.24, 2.45) is 0 Å². The van der Waals surface area contributed by atoms with Crippen LogP contribution in [0, 0.1) is 0 Å². The Labute approximate surface area is 144 Å². The highest BCUT2D eigenvalue weighted by atomic mass is 35.5. The number of rotatable bonds is 2. The third-order valence-corrected chi connectivity index (χ3v) is 4.66. The van der Waals surface area contributed by atoms with Crippen molar-refractivity contribution < 1.29 is 4.79 Å². The monoisotopic (exact) mass is 340 g/mol. The quantitative estimate of drug-likeness (QED) is 0.779. The molecular weight excluding hydrogens is 324 g/mol. The van der Waals surface area contributed by atoms with Crippen LogP contribution in [-0.4, -0.2) is 47.2 Å². The summed E-state index contributed by atoms with van der Waals surface area (Å²) < 4.78 is 0. The van der Waals surface area contributed by atoms with Gasteiger partial charge in [0.2, 0.25) is 0 Å². The zero-order valence-electron chi connectivity index (χ0n) is 13.1. The SMILES string of the molecule is O=C(c1ccc2cn[nH]c2c1)N1CCN(c2cccc(Cl)c2)CC1. The second-order valence-corrected chi connectivity index (χ2v) is 6.37. The van der Waals surface area contributed by atoms with Crippen LogP contribution in [0.15, 0.2) is 48.7 Å². The number of aromatic nitrogens is 2. The van der Waals surface area contributed by atoms with Gasteiger partial charge in [0.25, 0.3) is 5.91 Å². The molecule has 0 radical (unpaired) electrons. The number of aromatic amines is 1. The standard InChI is InChI=1S/C18H17ClN4O/c19-15-2-1-3-16(11-15)22-6-8-23(9-7-22)18(24)13-4-5-14-12-20-21-17(14)10-13/h1-5,10-12H,6-9H2,(H,20,21). The topological polar surface area (TPSA) is 52.2 Å². The van der Waals surface area contributed by atoms with Gasteiger partial charge in [0.15, 0.2) is 0 Å². The molecule has 0 aliphatic carbocycles. The second-order valence-electron chi connectivity index (χ2n) is 5.93. The first-order valence-electron chi connectivity index (χ1n) is 7.94. The Morgan fingerprint density at radius 2 is 1.92 bits per heavy atom. The van der Waals surface area contributed by atoms with E-state index in [1.807, 2.05) is 41.3 Å². The third kappa shape index (κ3) is 2.83. The number of hydrogen-bond acceptors (Lipinski definition) is 3. The van der Waals surface area contributed by atoms with Crippen molar-refractivity contribution in [2.45, 2.75) is 0 Å². The minimum absolute atomic E-state index is 0.0669. The van der Waals surface area contributed by atoms with Crippen LogP contribution in [0.4, 0.5) is 5.69 Å². The van der Waals surface area contributed by atoms with E-state index < -0.39 is 0 Å².